The van der Waals surface area contributed by atoms with Crippen molar-refractivity contribution in [3.05, 3.63) is 46.6 Å². The lowest BCUT2D eigenvalue weighted by molar-refractivity contribution is -0.271. The van der Waals surface area contributed by atoms with Crippen molar-refractivity contribution in [3.63, 3.8) is 0 Å². The van der Waals surface area contributed by atoms with Crippen molar-refractivity contribution in [1.29, 1.82) is 0 Å². The van der Waals surface area contributed by atoms with Crippen LogP contribution in [0.15, 0.2) is 39.8 Å². The summed E-state index contributed by atoms with van der Waals surface area (Å²) in [5.74, 6) is -2.05. The van der Waals surface area contributed by atoms with Crippen molar-refractivity contribution in [2.24, 2.45) is 22.7 Å². The van der Waals surface area contributed by atoms with Crippen LogP contribution in [0.1, 0.15) is 85.3 Å². The molecule has 0 saturated heterocycles. The Morgan fingerprint density at radius 1 is 1.09 bits per heavy atom. The van der Waals surface area contributed by atoms with E-state index in [1.807, 2.05) is 20.8 Å². The van der Waals surface area contributed by atoms with Gasteiger partial charge in [-0.15, -0.1) is 0 Å². The first-order valence-corrected chi connectivity index (χ1v) is 15.3. The number of nitrogens with zero attached hydrogens (tertiary/aromatic N) is 1. The Morgan fingerprint density at radius 3 is 2.45 bits per heavy atom. The first kappa shape index (κ1) is 31.7. The second-order valence-corrected chi connectivity index (χ2v) is 12.9. The molecule has 238 valence electrons. The molecule has 0 spiro atoms. The lowest BCUT2D eigenvalue weighted by Gasteiger charge is -2.66. The van der Waals surface area contributed by atoms with Gasteiger partial charge in [-0.1, -0.05) is 27.7 Å². The maximum Gasteiger partial charge on any atom is 0.345 e. The molecule has 1 unspecified atom stereocenters. The molecule has 3 aliphatic rings. The highest BCUT2D eigenvalue weighted by atomic mass is 16.6. The Balaban J connectivity index is 1.66. The summed E-state index contributed by atoms with van der Waals surface area (Å²) in [7, 11) is 0. The van der Waals surface area contributed by atoms with Gasteiger partial charge in [0.05, 0.1) is 6.10 Å². The zero-order valence-electron chi connectivity index (χ0n) is 26.1. The number of rotatable bonds is 7. The average molecular weight is 612 g/mol. The Kier molecular flexibility index (Phi) is 8.39. The molecule has 44 heavy (non-hydrogen) atoms. The Morgan fingerprint density at radius 2 is 1.82 bits per heavy atom. The summed E-state index contributed by atoms with van der Waals surface area (Å²) < 4.78 is 29.9. The maximum absolute atomic E-state index is 13.5. The monoisotopic (exact) mass is 611 g/mol. The molecule has 2 saturated carbocycles. The Bertz CT molecular complexity index is 1490. The van der Waals surface area contributed by atoms with E-state index in [-0.39, 0.29) is 48.9 Å². The standard InChI is InChI=1S/C33H41NO10/c1-7-25(36)40-17-32(5)22-15-24(43-26(37)8-2)33(6)29(31(22,4)12-11-23(32)41-18(3)35)28(38)27-21(44-33)14-20(42-30(27)39)19-10-9-13-34-16-19/h9-10,13-14,16,22-24,28-29,38H,7-8,11-12,15,17H2,1-6H3/t22-,23+,24+,28+,29-,31+,32?,33-/m1/s1. The van der Waals surface area contributed by atoms with Gasteiger partial charge in [0.1, 0.15) is 41.5 Å². The van der Waals surface area contributed by atoms with E-state index in [1.165, 1.54) is 6.92 Å². The number of aliphatic hydroxyl groups excluding tert-OH is 1. The molecule has 1 N–H and O–H groups in total. The van der Waals surface area contributed by atoms with E-state index in [9.17, 15) is 24.3 Å². The van der Waals surface area contributed by atoms with Crippen LogP contribution in [-0.2, 0) is 28.6 Å². The largest absolute Gasteiger partial charge is 0.482 e. The zero-order chi connectivity index (χ0) is 32.0. The maximum atomic E-state index is 13.5. The SMILES string of the molecule is CCC(=O)OCC1(C)[C@@H](OC(C)=O)CC[C@]2(C)[C@H]3[C@@H](O)c4c(cc(-c5cccnc5)oc4=O)O[C@]3(C)[C@@H](OC(=O)CC)C[C@@H]12. The summed E-state index contributed by atoms with van der Waals surface area (Å²) in [6.45, 7) is 10.4. The van der Waals surface area contributed by atoms with E-state index in [1.54, 1.807) is 44.4 Å². The number of fused-ring (bicyclic) bond motifs is 4. The fourth-order valence-corrected chi connectivity index (χ4v) is 8.16. The zero-order valence-corrected chi connectivity index (χ0v) is 26.1. The van der Waals surface area contributed by atoms with Gasteiger partial charge in [0, 0.05) is 55.1 Å². The number of ether oxygens (including phenoxy) is 4. The molecule has 0 amide bonds. The molecule has 3 heterocycles. The molecular weight excluding hydrogens is 570 g/mol. The molecule has 2 fully saturated rings. The van der Waals surface area contributed by atoms with Gasteiger partial charge in [-0.3, -0.25) is 19.4 Å². The van der Waals surface area contributed by atoms with E-state index >= 15 is 0 Å². The molecule has 0 radical (unpaired) electrons. The molecule has 2 aromatic rings. The van der Waals surface area contributed by atoms with Gasteiger partial charge >= 0.3 is 23.5 Å². The normalized spacial score (nSPS) is 33.9. The highest BCUT2D eigenvalue weighted by molar-refractivity contribution is 5.70. The van der Waals surface area contributed by atoms with Crippen LogP contribution in [-0.4, -0.2) is 52.4 Å². The van der Waals surface area contributed by atoms with Crippen molar-refractivity contribution in [2.75, 3.05) is 6.61 Å². The fraction of sp³-hybridized carbons (Fsp3) is 0.606. The van der Waals surface area contributed by atoms with E-state index in [2.05, 4.69) is 4.98 Å². The van der Waals surface area contributed by atoms with E-state index < -0.39 is 64.2 Å². The summed E-state index contributed by atoms with van der Waals surface area (Å²) in [4.78, 5) is 55.0. The average Bonchev–Trinajstić information content (AvgIpc) is 2.98. The van der Waals surface area contributed by atoms with Crippen LogP contribution in [0.2, 0.25) is 0 Å². The summed E-state index contributed by atoms with van der Waals surface area (Å²) >= 11 is 0. The molecule has 2 aromatic heterocycles. The first-order valence-electron chi connectivity index (χ1n) is 15.3. The van der Waals surface area contributed by atoms with Crippen LogP contribution in [0.4, 0.5) is 0 Å². The van der Waals surface area contributed by atoms with Crippen molar-refractivity contribution in [2.45, 2.75) is 97.6 Å². The van der Waals surface area contributed by atoms with Gasteiger partial charge in [-0.2, -0.15) is 0 Å². The molecule has 11 nitrogen and oxygen atoms in total. The number of pyridine rings is 1. The molecular formula is C33H41NO10. The van der Waals surface area contributed by atoms with Gasteiger partial charge in [0.15, 0.2) is 0 Å². The minimum atomic E-state index is -1.34. The molecule has 8 atom stereocenters. The topological polar surface area (TPSA) is 151 Å². The minimum Gasteiger partial charge on any atom is -0.482 e. The lowest BCUT2D eigenvalue weighted by Crippen LogP contribution is -2.71. The molecule has 11 heteroatoms. The number of aromatic nitrogens is 1. The number of hydrogen-bond donors (Lipinski definition) is 1. The Labute approximate surface area is 256 Å². The minimum absolute atomic E-state index is 0.0104. The first-order chi connectivity index (χ1) is 20.8. The molecule has 0 bridgehead atoms. The highest BCUT2D eigenvalue weighted by Crippen LogP contribution is 2.67. The molecule has 5 rings (SSSR count). The second-order valence-electron chi connectivity index (χ2n) is 12.9. The van der Waals surface area contributed by atoms with Crippen LogP contribution in [0.25, 0.3) is 11.3 Å². The summed E-state index contributed by atoms with van der Waals surface area (Å²) in [6.07, 6.45) is 1.86. The van der Waals surface area contributed by atoms with Gasteiger partial charge in [-0.05, 0) is 49.7 Å². The summed E-state index contributed by atoms with van der Waals surface area (Å²) in [5.41, 5.74) is -3.09. The van der Waals surface area contributed by atoms with Gasteiger partial charge in [-0.25, -0.2) is 4.79 Å². The van der Waals surface area contributed by atoms with Crippen LogP contribution in [0.5, 0.6) is 5.75 Å². The number of esters is 3. The third kappa shape index (κ3) is 5.18. The quantitative estimate of drug-likeness (QED) is 0.347. The van der Waals surface area contributed by atoms with Crippen molar-refractivity contribution in [3.8, 4) is 17.1 Å². The van der Waals surface area contributed by atoms with Crippen molar-refractivity contribution in [1.82, 2.24) is 4.98 Å². The number of aliphatic hydroxyl groups is 1. The van der Waals surface area contributed by atoms with E-state index in [0.29, 0.717) is 18.4 Å². The van der Waals surface area contributed by atoms with Crippen molar-refractivity contribution < 1.29 is 42.9 Å². The van der Waals surface area contributed by atoms with Crippen LogP contribution < -0.4 is 10.4 Å². The smallest absolute Gasteiger partial charge is 0.345 e. The molecule has 2 aliphatic carbocycles. The molecule has 1 aliphatic heterocycles. The highest BCUT2D eigenvalue weighted by Gasteiger charge is 2.70. The number of hydrogen-bond acceptors (Lipinski definition) is 11. The van der Waals surface area contributed by atoms with Crippen LogP contribution >= 0.6 is 0 Å². The van der Waals surface area contributed by atoms with Gasteiger partial charge in [0.25, 0.3) is 0 Å². The number of carbonyl (C=O) groups excluding carboxylic acids is 3. The third-order valence-corrected chi connectivity index (χ3v) is 10.2. The summed E-state index contributed by atoms with van der Waals surface area (Å²) in [6, 6.07) is 5.02. The predicted molar refractivity (Wildman–Crippen MR) is 156 cm³/mol. The number of carbonyl (C=O) groups is 3. The lowest BCUT2D eigenvalue weighted by atomic mass is 9.42. The second kappa shape index (κ2) is 11.6. The predicted octanol–water partition coefficient (Wildman–Crippen LogP) is 4.54. The third-order valence-electron chi connectivity index (χ3n) is 10.2. The van der Waals surface area contributed by atoms with E-state index in [0.717, 1.165) is 0 Å². The Hall–Kier alpha value is -3.73. The van der Waals surface area contributed by atoms with E-state index in [4.69, 9.17) is 23.4 Å². The fourth-order valence-electron chi connectivity index (χ4n) is 8.16. The van der Waals surface area contributed by atoms with Crippen LogP contribution in [0.3, 0.4) is 0 Å². The van der Waals surface area contributed by atoms with Gasteiger partial charge in [0.2, 0.25) is 0 Å². The van der Waals surface area contributed by atoms with Crippen molar-refractivity contribution >= 4 is 17.9 Å². The summed E-state index contributed by atoms with van der Waals surface area (Å²) in [5, 5.41) is 12.2. The molecule has 0 aromatic carbocycles. The van der Waals surface area contributed by atoms with Gasteiger partial charge < -0.3 is 28.5 Å². The van der Waals surface area contributed by atoms with Crippen LogP contribution in [0, 0.1) is 22.7 Å².